The Morgan fingerprint density at radius 2 is 1.92 bits per heavy atom. The Kier molecular flexibility index (Phi) is 5.17. The first-order chi connectivity index (χ1) is 11.4. The van der Waals surface area contributed by atoms with Crippen molar-refractivity contribution in [3.8, 4) is 5.88 Å². The second-order valence-corrected chi connectivity index (χ2v) is 8.59. The number of carbonyl (C=O) groups is 1. The fraction of sp³-hybridized carbons (Fsp3) is 0.684. The molecule has 2 rings (SSSR count). The fourth-order valence-corrected chi connectivity index (χ4v) is 3.93. The summed E-state index contributed by atoms with van der Waals surface area (Å²) in [7, 11) is 0. The van der Waals surface area contributed by atoms with Crippen molar-refractivity contribution in [2.75, 3.05) is 6.54 Å². The van der Waals surface area contributed by atoms with Gasteiger partial charge in [-0.25, -0.2) is 9.47 Å². The Labute approximate surface area is 150 Å². The lowest BCUT2D eigenvalue weighted by Gasteiger charge is -2.51. The van der Waals surface area contributed by atoms with Crippen molar-refractivity contribution in [3.63, 3.8) is 0 Å². The van der Waals surface area contributed by atoms with E-state index in [1.807, 2.05) is 27.7 Å². The first-order valence-corrected chi connectivity index (χ1v) is 8.85. The van der Waals surface area contributed by atoms with E-state index in [1.54, 1.807) is 32.2 Å². The summed E-state index contributed by atoms with van der Waals surface area (Å²) in [6.07, 6.45) is 2.07. The average molecular weight is 351 g/mol. The van der Waals surface area contributed by atoms with E-state index in [0.29, 0.717) is 18.0 Å². The highest BCUT2D eigenvalue weighted by molar-refractivity contribution is 5.58. The van der Waals surface area contributed by atoms with E-state index < -0.39 is 17.2 Å². The minimum absolute atomic E-state index is 0.00911. The number of aromatic nitrogens is 1. The molecule has 2 N–H and O–H groups in total. The summed E-state index contributed by atoms with van der Waals surface area (Å²) in [5, 5.41) is 20.4. The summed E-state index contributed by atoms with van der Waals surface area (Å²) in [5.41, 5.74) is -0.914. The minimum atomic E-state index is -1.08. The van der Waals surface area contributed by atoms with Gasteiger partial charge in [-0.15, -0.1) is 0 Å². The van der Waals surface area contributed by atoms with Crippen molar-refractivity contribution in [1.82, 2.24) is 4.98 Å². The Bertz CT molecular complexity index is 633. The SMILES string of the molecule is C[C@@H]1CC[C@@H](Oc2ncccc2C(C)(C)O)C[N+]1(C(=O)O)C(C)(C)C. The van der Waals surface area contributed by atoms with Gasteiger partial charge in [-0.3, -0.25) is 0 Å². The van der Waals surface area contributed by atoms with Crippen molar-refractivity contribution in [2.24, 2.45) is 0 Å². The fourth-order valence-electron chi connectivity index (χ4n) is 3.93. The maximum Gasteiger partial charge on any atom is 0.514 e. The smallest absolute Gasteiger partial charge is 0.468 e. The average Bonchev–Trinajstić information content (AvgIpc) is 2.47. The Balaban J connectivity index is 2.33. The molecular formula is C19H31N2O4+. The van der Waals surface area contributed by atoms with Crippen LogP contribution in [-0.4, -0.2) is 50.0 Å². The lowest BCUT2D eigenvalue weighted by Crippen LogP contribution is -2.71. The van der Waals surface area contributed by atoms with Crippen molar-refractivity contribution in [3.05, 3.63) is 23.9 Å². The summed E-state index contributed by atoms with van der Waals surface area (Å²) in [4.78, 5) is 16.5. The molecule has 1 aromatic rings. The van der Waals surface area contributed by atoms with Crippen molar-refractivity contribution in [2.45, 2.75) is 77.7 Å². The third kappa shape index (κ3) is 3.65. The molecule has 6 nitrogen and oxygen atoms in total. The normalized spacial score (nSPS) is 27.8. The highest BCUT2D eigenvalue weighted by Gasteiger charge is 2.55. The zero-order chi connectivity index (χ0) is 19.0. The van der Waals surface area contributed by atoms with Gasteiger partial charge in [-0.1, -0.05) is 0 Å². The second-order valence-electron chi connectivity index (χ2n) is 8.59. The number of ether oxygens (including phenoxy) is 1. The van der Waals surface area contributed by atoms with Crippen LogP contribution in [0.4, 0.5) is 4.79 Å². The molecule has 1 fully saturated rings. The van der Waals surface area contributed by atoms with E-state index in [2.05, 4.69) is 4.98 Å². The van der Waals surface area contributed by atoms with Gasteiger partial charge in [0.1, 0.15) is 18.2 Å². The molecule has 0 aliphatic carbocycles. The van der Waals surface area contributed by atoms with Crippen molar-refractivity contribution < 1.29 is 24.2 Å². The van der Waals surface area contributed by atoms with Crippen molar-refractivity contribution in [1.29, 1.82) is 0 Å². The zero-order valence-corrected chi connectivity index (χ0v) is 16.1. The van der Waals surface area contributed by atoms with E-state index in [-0.39, 0.29) is 16.6 Å². The highest BCUT2D eigenvalue weighted by Crippen LogP contribution is 2.37. The van der Waals surface area contributed by atoms with Gasteiger partial charge < -0.3 is 14.9 Å². The number of aliphatic hydroxyl groups is 1. The first-order valence-electron chi connectivity index (χ1n) is 8.85. The van der Waals surface area contributed by atoms with E-state index >= 15 is 0 Å². The number of quaternary nitrogens is 1. The maximum absolute atomic E-state index is 12.2. The van der Waals surface area contributed by atoms with Gasteiger partial charge in [0.25, 0.3) is 0 Å². The van der Waals surface area contributed by atoms with Gasteiger partial charge in [0, 0.05) is 18.2 Å². The molecule has 0 saturated carbocycles. The molecule has 1 aromatic heterocycles. The molecule has 3 atom stereocenters. The van der Waals surface area contributed by atoms with Gasteiger partial charge in [0.05, 0.1) is 11.6 Å². The van der Waals surface area contributed by atoms with Crippen LogP contribution in [0.2, 0.25) is 0 Å². The van der Waals surface area contributed by atoms with E-state index in [4.69, 9.17) is 4.74 Å². The second kappa shape index (κ2) is 6.57. The molecule has 1 aliphatic heterocycles. The van der Waals surface area contributed by atoms with Crippen LogP contribution < -0.4 is 4.74 Å². The summed E-state index contributed by atoms with van der Waals surface area (Å²) in [6.45, 7) is 11.6. The van der Waals surface area contributed by atoms with Gasteiger partial charge in [-0.2, -0.15) is 4.79 Å². The highest BCUT2D eigenvalue weighted by atomic mass is 16.5. The number of hydrogen-bond acceptors (Lipinski definition) is 4. The number of piperidine rings is 1. The molecule has 2 heterocycles. The molecule has 1 aliphatic rings. The number of likely N-dealkylation sites (tertiary alicyclic amines) is 1. The van der Waals surface area contributed by atoms with Crippen LogP contribution in [0.1, 0.15) is 59.9 Å². The number of nitrogens with zero attached hydrogens (tertiary/aromatic N) is 2. The van der Waals surface area contributed by atoms with E-state index in [1.165, 1.54) is 0 Å². The van der Waals surface area contributed by atoms with Crippen LogP contribution in [0.3, 0.4) is 0 Å². The predicted octanol–water partition coefficient (Wildman–Crippen LogP) is 3.53. The standard InChI is InChI=1S/C19H30N2O4/c1-13-9-10-14(12-21(13,17(22)23)18(2,3)4)25-16-15(19(5,6)24)8-7-11-20-16/h7-8,11,13-14,24H,9-10,12H2,1-6H3/p+1/t13-,14-,21?/m1/s1. The quantitative estimate of drug-likeness (QED) is 0.814. The van der Waals surface area contributed by atoms with Crippen molar-refractivity contribution >= 4 is 6.09 Å². The lowest BCUT2D eigenvalue weighted by molar-refractivity contribution is -0.932. The molecule has 1 unspecified atom stereocenters. The summed E-state index contributed by atoms with van der Waals surface area (Å²) >= 11 is 0. The Morgan fingerprint density at radius 1 is 1.28 bits per heavy atom. The van der Waals surface area contributed by atoms with Gasteiger partial charge in [0.2, 0.25) is 5.88 Å². The topological polar surface area (TPSA) is 79.7 Å². The lowest BCUT2D eigenvalue weighted by atomic mass is 9.89. The van der Waals surface area contributed by atoms with Crippen LogP contribution in [0.25, 0.3) is 0 Å². The number of amides is 1. The Morgan fingerprint density at radius 3 is 2.44 bits per heavy atom. The molecule has 0 spiro atoms. The number of rotatable bonds is 3. The zero-order valence-electron chi connectivity index (χ0n) is 16.1. The number of hydrogen-bond donors (Lipinski definition) is 2. The van der Waals surface area contributed by atoms with Crippen LogP contribution in [0.15, 0.2) is 18.3 Å². The molecule has 25 heavy (non-hydrogen) atoms. The molecule has 0 radical (unpaired) electrons. The third-order valence-corrected chi connectivity index (χ3v) is 5.40. The van der Waals surface area contributed by atoms with Gasteiger partial charge in [0.15, 0.2) is 0 Å². The maximum atomic E-state index is 12.2. The number of carboxylic acid groups (broad SMARTS) is 1. The molecule has 6 heteroatoms. The van der Waals surface area contributed by atoms with Crippen LogP contribution in [0.5, 0.6) is 5.88 Å². The minimum Gasteiger partial charge on any atom is -0.468 e. The van der Waals surface area contributed by atoms with Crippen LogP contribution in [-0.2, 0) is 5.60 Å². The van der Waals surface area contributed by atoms with Crippen LogP contribution in [0, 0.1) is 0 Å². The molecule has 0 aromatic carbocycles. The van der Waals surface area contributed by atoms with Gasteiger partial charge >= 0.3 is 6.09 Å². The largest absolute Gasteiger partial charge is 0.514 e. The number of pyridine rings is 1. The van der Waals surface area contributed by atoms with Gasteiger partial charge in [-0.05, 0) is 60.1 Å². The third-order valence-electron chi connectivity index (χ3n) is 5.40. The monoisotopic (exact) mass is 351 g/mol. The summed E-state index contributed by atoms with van der Waals surface area (Å²) in [6, 6.07) is 3.56. The Hall–Kier alpha value is -1.66. The predicted molar refractivity (Wildman–Crippen MR) is 95.5 cm³/mol. The molecule has 0 bridgehead atoms. The van der Waals surface area contributed by atoms with Crippen LogP contribution >= 0.6 is 0 Å². The van der Waals surface area contributed by atoms with E-state index in [9.17, 15) is 15.0 Å². The van der Waals surface area contributed by atoms with E-state index in [0.717, 1.165) is 12.8 Å². The molecule has 140 valence electrons. The summed E-state index contributed by atoms with van der Waals surface area (Å²) < 4.78 is 6.07. The molecular weight excluding hydrogens is 320 g/mol. The first kappa shape index (κ1) is 19.7. The summed E-state index contributed by atoms with van der Waals surface area (Å²) in [5.74, 6) is 0.381. The molecule has 1 amide bonds. The molecule has 1 saturated heterocycles.